The van der Waals surface area contributed by atoms with Crippen LogP contribution in [0.25, 0.3) is 4.85 Å². The molecule has 1 unspecified atom stereocenters. The van der Waals surface area contributed by atoms with Crippen molar-refractivity contribution in [2.75, 3.05) is 23.3 Å². The minimum Gasteiger partial charge on any atom is -0.442 e. The van der Waals surface area contributed by atoms with Crippen LogP contribution in [0.15, 0.2) is 29.8 Å². The first kappa shape index (κ1) is 14.9. The predicted molar refractivity (Wildman–Crippen MR) is 90.0 cm³/mol. The molecule has 1 aromatic heterocycles. The van der Waals surface area contributed by atoms with Gasteiger partial charge in [-0.1, -0.05) is 11.3 Å². The lowest BCUT2D eigenvalue weighted by molar-refractivity contribution is 0.147. The van der Waals surface area contributed by atoms with Crippen molar-refractivity contribution in [3.8, 4) is 0 Å². The predicted octanol–water partition coefficient (Wildman–Crippen LogP) is 2.88. The maximum absolute atomic E-state index is 12.1. The Morgan fingerprint density at radius 3 is 2.83 bits per heavy atom. The van der Waals surface area contributed by atoms with Gasteiger partial charge in [-0.2, -0.15) is 0 Å². The number of anilines is 2. The van der Waals surface area contributed by atoms with Gasteiger partial charge in [0.05, 0.1) is 13.1 Å². The standard InChI is InChI=1S/C16H15N5O2S/c1-17-16(6-7-16)11-2-4-12(5-3-11)21-9-13(23-15(21)22)8-18-14-20-19-10-24-14/h2-5,10,13H,6-9H2,(H,18,20). The Labute approximate surface area is 143 Å². The number of carbonyl (C=O) groups is 1. The van der Waals surface area contributed by atoms with Crippen LogP contribution in [0.1, 0.15) is 18.4 Å². The second-order valence-corrected chi connectivity index (χ2v) is 6.76. The summed E-state index contributed by atoms with van der Waals surface area (Å²) >= 11 is 1.40. The molecule has 1 saturated heterocycles. The number of cyclic esters (lactones) is 1. The Balaban J connectivity index is 1.41. The maximum atomic E-state index is 12.1. The van der Waals surface area contributed by atoms with Crippen molar-refractivity contribution >= 4 is 28.2 Å². The zero-order valence-corrected chi connectivity index (χ0v) is 13.6. The van der Waals surface area contributed by atoms with Crippen molar-refractivity contribution in [1.29, 1.82) is 0 Å². The number of nitrogens with zero attached hydrogens (tertiary/aromatic N) is 4. The highest BCUT2D eigenvalue weighted by atomic mass is 32.1. The van der Waals surface area contributed by atoms with Crippen LogP contribution in [0.4, 0.5) is 15.6 Å². The third kappa shape index (κ3) is 2.67. The number of hydrogen-bond donors (Lipinski definition) is 1. The van der Waals surface area contributed by atoms with E-state index in [1.807, 2.05) is 24.3 Å². The number of ether oxygens (including phenoxy) is 1. The molecule has 1 saturated carbocycles. The summed E-state index contributed by atoms with van der Waals surface area (Å²) in [6.07, 6.45) is 1.25. The van der Waals surface area contributed by atoms with E-state index in [2.05, 4.69) is 20.4 Å². The van der Waals surface area contributed by atoms with Crippen molar-refractivity contribution in [2.45, 2.75) is 24.5 Å². The molecule has 1 amide bonds. The summed E-state index contributed by atoms with van der Waals surface area (Å²) in [4.78, 5) is 17.4. The third-order valence-corrected chi connectivity index (χ3v) is 5.02. The Morgan fingerprint density at radius 2 is 2.21 bits per heavy atom. The molecular weight excluding hydrogens is 326 g/mol. The SMILES string of the molecule is [C-]#[N+]C1(c2ccc(N3CC(CNc4nncs4)OC3=O)cc2)CC1. The molecule has 8 heteroatoms. The highest BCUT2D eigenvalue weighted by Gasteiger charge is 2.52. The highest BCUT2D eigenvalue weighted by molar-refractivity contribution is 7.13. The zero-order valence-electron chi connectivity index (χ0n) is 12.8. The first-order valence-corrected chi connectivity index (χ1v) is 8.55. The zero-order chi connectivity index (χ0) is 16.6. The molecule has 2 aromatic rings. The summed E-state index contributed by atoms with van der Waals surface area (Å²) < 4.78 is 5.39. The van der Waals surface area contributed by atoms with Gasteiger partial charge in [-0.25, -0.2) is 11.4 Å². The van der Waals surface area contributed by atoms with Crippen LogP contribution >= 0.6 is 11.3 Å². The molecule has 0 spiro atoms. The van der Waals surface area contributed by atoms with Gasteiger partial charge in [0.15, 0.2) is 0 Å². The van der Waals surface area contributed by atoms with E-state index in [1.54, 1.807) is 10.4 Å². The summed E-state index contributed by atoms with van der Waals surface area (Å²) in [6, 6.07) is 7.67. The van der Waals surface area contributed by atoms with E-state index >= 15 is 0 Å². The number of benzene rings is 1. The normalized spacial score (nSPS) is 21.2. The molecule has 1 aliphatic carbocycles. The minimum atomic E-state index is -0.349. The lowest BCUT2D eigenvalue weighted by Crippen LogP contribution is -2.27. The van der Waals surface area contributed by atoms with Gasteiger partial charge in [0, 0.05) is 24.1 Å². The Kier molecular flexibility index (Phi) is 3.58. The van der Waals surface area contributed by atoms with Crippen LogP contribution in [-0.4, -0.2) is 35.5 Å². The van der Waals surface area contributed by atoms with E-state index in [9.17, 15) is 4.79 Å². The topological polar surface area (TPSA) is 71.7 Å². The van der Waals surface area contributed by atoms with Crippen molar-refractivity contribution in [3.05, 3.63) is 46.8 Å². The van der Waals surface area contributed by atoms with Crippen LogP contribution in [0.2, 0.25) is 0 Å². The quantitative estimate of drug-likeness (QED) is 0.847. The number of nitrogens with one attached hydrogen (secondary N) is 1. The fraction of sp³-hybridized carbons (Fsp3) is 0.375. The minimum absolute atomic E-state index is 0.237. The number of amides is 1. The van der Waals surface area contributed by atoms with Gasteiger partial charge in [0.2, 0.25) is 5.13 Å². The molecule has 7 nitrogen and oxygen atoms in total. The van der Waals surface area contributed by atoms with Gasteiger partial charge in [-0.3, -0.25) is 4.90 Å². The van der Waals surface area contributed by atoms with E-state index in [4.69, 9.17) is 11.3 Å². The summed E-state index contributed by atoms with van der Waals surface area (Å²) in [5, 5.41) is 11.5. The molecule has 24 heavy (non-hydrogen) atoms. The molecule has 1 N–H and O–H groups in total. The third-order valence-electron chi connectivity index (χ3n) is 4.37. The Hall–Kier alpha value is -2.66. The van der Waals surface area contributed by atoms with Crippen LogP contribution in [0.3, 0.4) is 0 Å². The summed E-state index contributed by atoms with van der Waals surface area (Å²) in [5.74, 6) is 0. The molecule has 1 aliphatic heterocycles. The monoisotopic (exact) mass is 341 g/mol. The summed E-state index contributed by atoms with van der Waals surface area (Å²) in [6.45, 7) is 8.30. The first-order chi connectivity index (χ1) is 11.7. The van der Waals surface area contributed by atoms with Gasteiger partial charge in [0.25, 0.3) is 5.54 Å². The molecule has 2 fully saturated rings. The molecular formula is C16H15N5O2S. The molecule has 2 aliphatic rings. The van der Waals surface area contributed by atoms with Gasteiger partial charge in [0.1, 0.15) is 11.6 Å². The summed E-state index contributed by atoms with van der Waals surface area (Å²) in [7, 11) is 0. The average molecular weight is 341 g/mol. The van der Waals surface area contributed by atoms with Crippen LogP contribution in [-0.2, 0) is 10.3 Å². The van der Waals surface area contributed by atoms with E-state index in [0.29, 0.717) is 18.2 Å². The van der Waals surface area contributed by atoms with Gasteiger partial charge in [-0.15, -0.1) is 10.2 Å². The van der Waals surface area contributed by atoms with Crippen LogP contribution < -0.4 is 10.2 Å². The fourth-order valence-corrected chi connectivity index (χ4v) is 3.28. The molecule has 0 bridgehead atoms. The fourth-order valence-electron chi connectivity index (χ4n) is 2.82. The van der Waals surface area contributed by atoms with E-state index in [1.165, 1.54) is 11.3 Å². The molecule has 1 aromatic carbocycles. The molecule has 4 rings (SSSR count). The van der Waals surface area contributed by atoms with Crippen molar-refractivity contribution < 1.29 is 9.53 Å². The largest absolute Gasteiger partial charge is 0.442 e. The number of carbonyl (C=O) groups excluding carboxylic acids is 1. The van der Waals surface area contributed by atoms with E-state index in [0.717, 1.165) is 24.1 Å². The molecule has 2 heterocycles. The lowest BCUT2D eigenvalue weighted by atomic mass is 10.1. The Morgan fingerprint density at radius 1 is 1.42 bits per heavy atom. The molecule has 0 radical (unpaired) electrons. The molecule has 122 valence electrons. The van der Waals surface area contributed by atoms with E-state index in [-0.39, 0.29) is 17.7 Å². The smallest absolute Gasteiger partial charge is 0.414 e. The Bertz CT molecular complexity index is 780. The van der Waals surface area contributed by atoms with Crippen molar-refractivity contribution in [2.24, 2.45) is 0 Å². The molecule has 1 atom stereocenters. The second kappa shape index (κ2) is 5.76. The van der Waals surface area contributed by atoms with Gasteiger partial charge in [-0.05, 0) is 24.3 Å². The number of aromatic nitrogens is 2. The summed E-state index contributed by atoms with van der Waals surface area (Å²) in [5.41, 5.74) is 3.15. The van der Waals surface area contributed by atoms with Crippen molar-refractivity contribution in [1.82, 2.24) is 10.2 Å². The number of rotatable bonds is 5. The van der Waals surface area contributed by atoms with Gasteiger partial charge < -0.3 is 14.9 Å². The highest BCUT2D eigenvalue weighted by Crippen LogP contribution is 2.49. The lowest BCUT2D eigenvalue weighted by Gasteiger charge is -2.14. The van der Waals surface area contributed by atoms with Crippen LogP contribution in [0.5, 0.6) is 0 Å². The average Bonchev–Trinajstić information content (AvgIpc) is 3.06. The van der Waals surface area contributed by atoms with Crippen molar-refractivity contribution in [3.63, 3.8) is 0 Å². The van der Waals surface area contributed by atoms with E-state index < -0.39 is 0 Å². The number of hydrogen-bond acceptors (Lipinski definition) is 6. The second-order valence-electron chi connectivity index (χ2n) is 5.93. The first-order valence-electron chi connectivity index (χ1n) is 7.67. The maximum Gasteiger partial charge on any atom is 0.414 e. The van der Waals surface area contributed by atoms with Gasteiger partial charge >= 0.3 is 6.09 Å². The van der Waals surface area contributed by atoms with Crippen LogP contribution in [0, 0.1) is 6.57 Å².